The summed E-state index contributed by atoms with van der Waals surface area (Å²) in [5.74, 6) is 1.06. The first kappa shape index (κ1) is 11.1. The van der Waals surface area contributed by atoms with Gasteiger partial charge in [-0.3, -0.25) is 0 Å². The normalized spacial score (nSPS) is 25.3. The zero-order valence-corrected chi connectivity index (χ0v) is 10.9. The summed E-state index contributed by atoms with van der Waals surface area (Å²) in [4.78, 5) is 0. The van der Waals surface area contributed by atoms with Gasteiger partial charge in [0.2, 0.25) is 0 Å². The molecule has 2 N–H and O–H groups in total. The zero-order valence-electron chi connectivity index (χ0n) is 10.9. The maximum absolute atomic E-state index is 6.35. The molecule has 1 atom stereocenters. The van der Waals surface area contributed by atoms with Crippen molar-refractivity contribution in [3.05, 3.63) is 29.3 Å². The number of ether oxygens (including phenoxy) is 1. The highest BCUT2D eigenvalue weighted by atomic mass is 16.5. The van der Waals surface area contributed by atoms with Crippen molar-refractivity contribution in [2.24, 2.45) is 5.73 Å². The highest BCUT2D eigenvalue weighted by molar-refractivity contribution is 5.46. The van der Waals surface area contributed by atoms with E-state index >= 15 is 0 Å². The lowest BCUT2D eigenvalue weighted by molar-refractivity contribution is 0.254. The van der Waals surface area contributed by atoms with E-state index < -0.39 is 0 Å². The molecule has 2 aliphatic rings. The number of rotatable bonds is 2. The summed E-state index contributed by atoms with van der Waals surface area (Å²) in [6.45, 7) is 6.41. The Bertz CT molecular complexity index is 454. The summed E-state index contributed by atoms with van der Waals surface area (Å²) in [5, 5.41) is 0. The van der Waals surface area contributed by atoms with Gasteiger partial charge >= 0.3 is 0 Å². The van der Waals surface area contributed by atoms with Crippen molar-refractivity contribution in [3.8, 4) is 5.75 Å². The molecule has 17 heavy (non-hydrogen) atoms. The minimum atomic E-state index is -0.133. The molecule has 0 bridgehead atoms. The van der Waals surface area contributed by atoms with Crippen molar-refractivity contribution < 1.29 is 4.74 Å². The number of nitrogens with two attached hydrogens (primary N) is 1. The van der Waals surface area contributed by atoms with Crippen LogP contribution in [-0.2, 0) is 11.8 Å². The van der Waals surface area contributed by atoms with E-state index in [-0.39, 0.29) is 11.0 Å². The minimum Gasteiger partial charge on any atom is -0.490 e. The van der Waals surface area contributed by atoms with Crippen LogP contribution in [0.4, 0.5) is 0 Å². The van der Waals surface area contributed by atoms with Gasteiger partial charge in [-0.1, -0.05) is 12.1 Å². The average Bonchev–Trinajstić information content (AvgIpc) is 2.94. The molecule has 1 aliphatic carbocycles. The van der Waals surface area contributed by atoms with Crippen LogP contribution >= 0.6 is 0 Å². The summed E-state index contributed by atoms with van der Waals surface area (Å²) in [5.41, 5.74) is 9.18. The van der Waals surface area contributed by atoms with Gasteiger partial charge < -0.3 is 10.5 Å². The summed E-state index contributed by atoms with van der Waals surface area (Å²) in [7, 11) is 0. The summed E-state index contributed by atoms with van der Waals surface area (Å²) in [6, 6.07) is 6.65. The zero-order chi connectivity index (χ0) is 12.3. The Kier molecular flexibility index (Phi) is 2.13. The van der Waals surface area contributed by atoms with Crippen LogP contribution in [0.15, 0.2) is 18.2 Å². The van der Waals surface area contributed by atoms with E-state index in [1.165, 1.54) is 24.0 Å². The Morgan fingerprint density at radius 1 is 1.35 bits per heavy atom. The van der Waals surface area contributed by atoms with Gasteiger partial charge in [-0.05, 0) is 50.8 Å². The standard InChI is InChI=1S/C15H21NO/c1-10-8-11-9-12(4-5-13(11)17-10)15(6-7-15)14(2,3)16/h4-5,9-10H,6-8,16H2,1-3H3. The molecule has 2 heteroatoms. The highest BCUT2D eigenvalue weighted by Gasteiger charge is 2.53. The maximum Gasteiger partial charge on any atom is 0.123 e. The second-order valence-corrected chi connectivity index (χ2v) is 6.26. The molecule has 2 nitrogen and oxygen atoms in total. The molecule has 0 radical (unpaired) electrons. The van der Waals surface area contributed by atoms with E-state index in [1.54, 1.807) is 0 Å². The molecule has 92 valence electrons. The van der Waals surface area contributed by atoms with Crippen LogP contribution in [0.2, 0.25) is 0 Å². The molecule has 1 unspecified atom stereocenters. The second-order valence-electron chi connectivity index (χ2n) is 6.26. The fourth-order valence-corrected chi connectivity index (χ4v) is 3.15. The van der Waals surface area contributed by atoms with Crippen LogP contribution < -0.4 is 10.5 Å². The summed E-state index contributed by atoms with van der Waals surface area (Å²) in [6.07, 6.45) is 3.78. The van der Waals surface area contributed by atoms with Crippen molar-refractivity contribution in [1.82, 2.24) is 0 Å². The molecule has 1 fully saturated rings. The molecule has 3 rings (SSSR count). The van der Waals surface area contributed by atoms with Crippen LogP contribution in [0.5, 0.6) is 5.75 Å². The van der Waals surface area contributed by atoms with Gasteiger partial charge in [0, 0.05) is 17.4 Å². The third kappa shape index (κ3) is 1.58. The van der Waals surface area contributed by atoms with Gasteiger partial charge in [-0.2, -0.15) is 0 Å². The van der Waals surface area contributed by atoms with Crippen molar-refractivity contribution in [2.75, 3.05) is 0 Å². The van der Waals surface area contributed by atoms with Crippen molar-refractivity contribution in [3.63, 3.8) is 0 Å². The van der Waals surface area contributed by atoms with E-state index in [9.17, 15) is 0 Å². The van der Waals surface area contributed by atoms with E-state index in [0.29, 0.717) is 6.10 Å². The molecule has 1 aromatic rings. The highest BCUT2D eigenvalue weighted by Crippen LogP contribution is 2.55. The lowest BCUT2D eigenvalue weighted by atomic mass is 9.78. The molecular formula is C15H21NO. The lowest BCUT2D eigenvalue weighted by Crippen LogP contribution is -2.45. The minimum absolute atomic E-state index is 0.133. The Morgan fingerprint density at radius 3 is 2.65 bits per heavy atom. The number of benzene rings is 1. The summed E-state index contributed by atoms with van der Waals surface area (Å²) < 4.78 is 5.75. The van der Waals surface area contributed by atoms with E-state index in [4.69, 9.17) is 10.5 Å². The number of hydrogen-bond donors (Lipinski definition) is 1. The van der Waals surface area contributed by atoms with Crippen LogP contribution in [0, 0.1) is 0 Å². The van der Waals surface area contributed by atoms with Crippen molar-refractivity contribution >= 4 is 0 Å². The molecule has 1 aromatic carbocycles. The first-order chi connectivity index (χ1) is 7.92. The third-order valence-corrected chi connectivity index (χ3v) is 4.43. The molecular weight excluding hydrogens is 210 g/mol. The third-order valence-electron chi connectivity index (χ3n) is 4.43. The first-order valence-corrected chi connectivity index (χ1v) is 6.51. The van der Waals surface area contributed by atoms with E-state index in [2.05, 4.69) is 39.0 Å². The summed E-state index contributed by atoms with van der Waals surface area (Å²) >= 11 is 0. The van der Waals surface area contributed by atoms with Crippen LogP contribution in [-0.4, -0.2) is 11.6 Å². The second kappa shape index (κ2) is 3.26. The van der Waals surface area contributed by atoms with E-state index in [1.807, 2.05) is 0 Å². The Labute approximate surface area is 103 Å². The van der Waals surface area contributed by atoms with Crippen LogP contribution in [0.1, 0.15) is 44.7 Å². The van der Waals surface area contributed by atoms with Gasteiger partial charge in [0.25, 0.3) is 0 Å². The molecule has 0 saturated heterocycles. The SMILES string of the molecule is CC1Cc2cc(C3(C(C)(C)N)CC3)ccc2O1. The molecule has 0 amide bonds. The molecule has 1 saturated carbocycles. The smallest absolute Gasteiger partial charge is 0.123 e. The number of hydrogen-bond acceptors (Lipinski definition) is 2. The fourth-order valence-electron chi connectivity index (χ4n) is 3.15. The van der Waals surface area contributed by atoms with Gasteiger partial charge in [0.15, 0.2) is 0 Å². The fraction of sp³-hybridized carbons (Fsp3) is 0.600. The van der Waals surface area contributed by atoms with Crippen LogP contribution in [0.25, 0.3) is 0 Å². The van der Waals surface area contributed by atoms with E-state index in [0.717, 1.165) is 12.2 Å². The molecule has 1 aliphatic heterocycles. The maximum atomic E-state index is 6.35. The van der Waals surface area contributed by atoms with Gasteiger partial charge in [-0.25, -0.2) is 0 Å². The molecule has 0 aromatic heterocycles. The van der Waals surface area contributed by atoms with Crippen molar-refractivity contribution in [2.45, 2.75) is 57.1 Å². The van der Waals surface area contributed by atoms with Gasteiger partial charge in [0.1, 0.15) is 11.9 Å². The van der Waals surface area contributed by atoms with Gasteiger partial charge in [-0.15, -0.1) is 0 Å². The molecule has 1 heterocycles. The Hall–Kier alpha value is -1.02. The molecule has 0 spiro atoms. The van der Waals surface area contributed by atoms with Crippen LogP contribution in [0.3, 0.4) is 0 Å². The quantitative estimate of drug-likeness (QED) is 0.849. The van der Waals surface area contributed by atoms with Gasteiger partial charge in [0.05, 0.1) is 0 Å². The Balaban J connectivity index is 1.99. The largest absolute Gasteiger partial charge is 0.490 e. The first-order valence-electron chi connectivity index (χ1n) is 6.51. The van der Waals surface area contributed by atoms with Crippen molar-refractivity contribution in [1.29, 1.82) is 0 Å². The predicted octanol–water partition coefficient (Wildman–Crippen LogP) is 2.78. The predicted molar refractivity (Wildman–Crippen MR) is 69.4 cm³/mol. The monoisotopic (exact) mass is 231 g/mol. The Morgan fingerprint density at radius 2 is 2.06 bits per heavy atom. The lowest BCUT2D eigenvalue weighted by Gasteiger charge is -2.31. The topological polar surface area (TPSA) is 35.2 Å². The number of fused-ring (bicyclic) bond motifs is 1. The average molecular weight is 231 g/mol.